The van der Waals surface area contributed by atoms with Crippen LogP contribution in [-0.4, -0.2) is 5.91 Å². The van der Waals surface area contributed by atoms with Crippen LogP contribution in [0.2, 0.25) is 0 Å². The molecule has 0 saturated heterocycles. The first-order valence-corrected chi connectivity index (χ1v) is 6.47. The summed E-state index contributed by atoms with van der Waals surface area (Å²) in [6.45, 7) is 6.09. The van der Waals surface area contributed by atoms with Gasteiger partial charge in [0.2, 0.25) is 5.91 Å². The van der Waals surface area contributed by atoms with Gasteiger partial charge in [0.25, 0.3) is 0 Å². The third-order valence-electron chi connectivity index (χ3n) is 3.12. The lowest BCUT2D eigenvalue weighted by atomic mass is 10.1. The number of carbonyl (C=O) groups is 1. The van der Waals surface area contributed by atoms with E-state index in [2.05, 4.69) is 11.4 Å². The van der Waals surface area contributed by atoms with Gasteiger partial charge in [-0.3, -0.25) is 4.79 Å². The van der Waals surface area contributed by atoms with Gasteiger partial charge in [-0.15, -0.1) is 0 Å². The van der Waals surface area contributed by atoms with Crippen LogP contribution in [-0.2, 0) is 11.2 Å². The number of carbonyl (C=O) groups excluding carboxylic acids is 1. The molecule has 2 rings (SSSR count). The smallest absolute Gasteiger partial charge is 0.228 e. The summed E-state index contributed by atoms with van der Waals surface area (Å²) in [6, 6.07) is 14.0. The van der Waals surface area contributed by atoms with Crippen molar-refractivity contribution in [2.24, 2.45) is 0 Å². The van der Waals surface area contributed by atoms with E-state index in [9.17, 15) is 4.79 Å². The van der Waals surface area contributed by atoms with Crippen molar-refractivity contribution >= 4 is 11.6 Å². The van der Waals surface area contributed by atoms with Crippen LogP contribution >= 0.6 is 0 Å². The third kappa shape index (κ3) is 3.68. The first-order valence-electron chi connectivity index (χ1n) is 6.47. The van der Waals surface area contributed by atoms with Gasteiger partial charge < -0.3 is 5.32 Å². The van der Waals surface area contributed by atoms with Crippen molar-refractivity contribution in [3.05, 3.63) is 64.7 Å². The van der Waals surface area contributed by atoms with Crippen LogP contribution in [0, 0.1) is 20.8 Å². The van der Waals surface area contributed by atoms with Crippen LogP contribution in [0.4, 0.5) is 5.69 Å². The molecule has 0 heterocycles. The predicted octanol–water partition coefficient (Wildman–Crippen LogP) is 3.79. The summed E-state index contributed by atoms with van der Waals surface area (Å²) >= 11 is 0. The molecule has 0 aromatic heterocycles. The molecular weight excluding hydrogens is 234 g/mol. The Balaban J connectivity index is 2.07. The summed E-state index contributed by atoms with van der Waals surface area (Å²) in [7, 11) is 0. The Bertz CT molecular complexity index is 582. The summed E-state index contributed by atoms with van der Waals surface area (Å²) < 4.78 is 0. The van der Waals surface area contributed by atoms with E-state index < -0.39 is 0 Å². The quantitative estimate of drug-likeness (QED) is 0.885. The van der Waals surface area contributed by atoms with Gasteiger partial charge in [-0.1, -0.05) is 30.3 Å². The second kappa shape index (κ2) is 5.70. The Morgan fingerprint density at radius 1 is 1.00 bits per heavy atom. The topological polar surface area (TPSA) is 29.1 Å². The lowest BCUT2D eigenvalue weighted by molar-refractivity contribution is -0.115. The van der Waals surface area contributed by atoms with Gasteiger partial charge in [0.15, 0.2) is 0 Å². The molecule has 0 aliphatic heterocycles. The largest absolute Gasteiger partial charge is 0.326 e. The van der Waals surface area contributed by atoms with Crippen molar-refractivity contribution in [3.8, 4) is 0 Å². The SMILES string of the molecule is Cc1cc(C)cc(NC(=O)Cc2ccccc2C)c1. The average Bonchev–Trinajstić information content (AvgIpc) is 2.30. The highest BCUT2D eigenvalue weighted by Crippen LogP contribution is 2.15. The second-order valence-corrected chi connectivity index (χ2v) is 5.03. The Labute approximate surface area is 114 Å². The monoisotopic (exact) mass is 253 g/mol. The maximum Gasteiger partial charge on any atom is 0.228 e. The molecule has 0 aliphatic rings. The van der Waals surface area contributed by atoms with E-state index in [-0.39, 0.29) is 5.91 Å². The maximum atomic E-state index is 12.0. The highest BCUT2D eigenvalue weighted by atomic mass is 16.1. The molecule has 0 unspecified atom stereocenters. The molecule has 0 radical (unpaired) electrons. The van der Waals surface area contributed by atoms with E-state index >= 15 is 0 Å². The molecule has 0 spiro atoms. The Morgan fingerprint density at radius 3 is 2.26 bits per heavy atom. The van der Waals surface area contributed by atoms with Crippen LogP contribution in [0.5, 0.6) is 0 Å². The molecule has 19 heavy (non-hydrogen) atoms. The minimum absolute atomic E-state index is 0.0271. The van der Waals surface area contributed by atoms with Crippen molar-refractivity contribution in [1.82, 2.24) is 0 Å². The maximum absolute atomic E-state index is 12.0. The second-order valence-electron chi connectivity index (χ2n) is 5.03. The Kier molecular flexibility index (Phi) is 4.00. The summed E-state index contributed by atoms with van der Waals surface area (Å²) in [5, 5.41) is 2.96. The van der Waals surface area contributed by atoms with Gasteiger partial charge in [0, 0.05) is 5.69 Å². The van der Waals surface area contributed by atoms with E-state index in [0.29, 0.717) is 6.42 Å². The first-order chi connectivity index (χ1) is 9.04. The number of hydrogen-bond acceptors (Lipinski definition) is 1. The normalized spacial score (nSPS) is 10.3. The highest BCUT2D eigenvalue weighted by molar-refractivity contribution is 5.92. The zero-order valence-electron chi connectivity index (χ0n) is 11.7. The molecule has 0 saturated carbocycles. The Morgan fingerprint density at radius 2 is 1.63 bits per heavy atom. The van der Waals surface area contributed by atoms with E-state index in [4.69, 9.17) is 0 Å². The molecule has 98 valence electrons. The van der Waals surface area contributed by atoms with E-state index in [1.54, 1.807) is 0 Å². The average molecular weight is 253 g/mol. The van der Waals surface area contributed by atoms with Gasteiger partial charge in [-0.05, 0) is 55.2 Å². The first kappa shape index (κ1) is 13.3. The van der Waals surface area contributed by atoms with Crippen molar-refractivity contribution in [2.45, 2.75) is 27.2 Å². The molecule has 2 aromatic carbocycles. The fraction of sp³-hybridized carbons (Fsp3) is 0.235. The molecule has 0 fully saturated rings. The molecule has 1 amide bonds. The van der Waals surface area contributed by atoms with Crippen LogP contribution in [0.1, 0.15) is 22.3 Å². The lowest BCUT2D eigenvalue weighted by Gasteiger charge is -2.09. The summed E-state index contributed by atoms with van der Waals surface area (Å²) in [4.78, 5) is 12.0. The van der Waals surface area contributed by atoms with E-state index in [1.807, 2.05) is 57.2 Å². The molecule has 0 aliphatic carbocycles. The lowest BCUT2D eigenvalue weighted by Crippen LogP contribution is -2.15. The van der Waals surface area contributed by atoms with Gasteiger partial charge in [-0.25, -0.2) is 0 Å². The number of benzene rings is 2. The van der Waals surface area contributed by atoms with Crippen molar-refractivity contribution in [2.75, 3.05) is 5.32 Å². The predicted molar refractivity (Wildman–Crippen MR) is 79.4 cm³/mol. The van der Waals surface area contributed by atoms with Crippen LogP contribution in [0.3, 0.4) is 0 Å². The zero-order valence-corrected chi connectivity index (χ0v) is 11.7. The minimum atomic E-state index is 0.0271. The third-order valence-corrected chi connectivity index (χ3v) is 3.12. The fourth-order valence-corrected chi connectivity index (χ4v) is 2.23. The minimum Gasteiger partial charge on any atom is -0.326 e. The Hall–Kier alpha value is -2.09. The number of anilines is 1. The number of nitrogens with one attached hydrogen (secondary N) is 1. The number of rotatable bonds is 3. The fourth-order valence-electron chi connectivity index (χ4n) is 2.23. The number of amides is 1. The molecule has 1 N–H and O–H groups in total. The highest BCUT2D eigenvalue weighted by Gasteiger charge is 2.06. The van der Waals surface area contributed by atoms with E-state index in [0.717, 1.165) is 27.9 Å². The molecular formula is C17H19NO. The van der Waals surface area contributed by atoms with Gasteiger partial charge in [0.1, 0.15) is 0 Å². The van der Waals surface area contributed by atoms with E-state index in [1.165, 1.54) is 0 Å². The number of aryl methyl sites for hydroxylation is 3. The van der Waals surface area contributed by atoms with Gasteiger partial charge >= 0.3 is 0 Å². The van der Waals surface area contributed by atoms with Crippen molar-refractivity contribution in [3.63, 3.8) is 0 Å². The van der Waals surface area contributed by atoms with Crippen LogP contribution < -0.4 is 5.32 Å². The summed E-state index contributed by atoms with van der Waals surface area (Å²) in [5.74, 6) is 0.0271. The van der Waals surface area contributed by atoms with Gasteiger partial charge in [-0.2, -0.15) is 0 Å². The molecule has 0 bridgehead atoms. The van der Waals surface area contributed by atoms with Crippen molar-refractivity contribution in [1.29, 1.82) is 0 Å². The molecule has 2 heteroatoms. The van der Waals surface area contributed by atoms with Crippen molar-refractivity contribution < 1.29 is 4.79 Å². The number of hydrogen-bond donors (Lipinski definition) is 1. The zero-order chi connectivity index (χ0) is 13.8. The van der Waals surface area contributed by atoms with Crippen LogP contribution in [0.25, 0.3) is 0 Å². The van der Waals surface area contributed by atoms with Gasteiger partial charge in [0.05, 0.1) is 6.42 Å². The summed E-state index contributed by atoms with van der Waals surface area (Å²) in [6.07, 6.45) is 0.416. The molecule has 2 nitrogen and oxygen atoms in total. The molecule has 0 atom stereocenters. The molecule has 2 aromatic rings. The summed E-state index contributed by atoms with van der Waals surface area (Å²) in [5.41, 5.74) is 5.41. The standard InChI is InChI=1S/C17H19NO/c1-12-8-13(2)10-16(9-12)18-17(19)11-15-7-5-4-6-14(15)3/h4-10H,11H2,1-3H3,(H,18,19). The van der Waals surface area contributed by atoms with Crippen LogP contribution in [0.15, 0.2) is 42.5 Å².